The first-order valence-corrected chi connectivity index (χ1v) is 9.26. The van der Waals surface area contributed by atoms with Crippen molar-refractivity contribution in [2.45, 2.75) is 48.4 Å². The Hall–Kier alpha value is 0.00870. The van der Waals surface area contributed by atoms with E-state index >= 15 is 0 Å². The van der Waals surface area contributed by atoms with Crippen LogP contribution in [-0.2, 0) is 4.79 Å². The van der Waals surface area contributed by atoms with Crippen LogP contribution in [0.4, 0.5) is 0 Å². The topological polar surface area (TPSA) is 40.1 Å². The third-order valence-electron chi connectivity index (χ3n) is 1.58. The van der Waals surface area contributed by atoms with Crippen LogP contribution in [0.1, 0.15) is 41.0 Å². The summed E-state index contributed by atoms with van der Waals surface area (Å²) in [4.78, 5) is 9.14. The summed E-state index contributed by atoms with van der Waals surface area (Å²) in [5.41, 5.74) is 0. The quantitative estimate of drug-likeness (QED) is 0.411. The molecule has 0 fully saturated rings. The Morgan fingerprint density at radius 1 is 1.36 bits per heavy atom. The molecule has 0 aliphatic carbocycles. The summed E-state index contributed by atoms with van der Waals surface area (Å²) in [6.07, 6.45) is 6.56. The van der Waals surface area contributed by atoms with Crippen LogP contribution in [0.2, 0.25) is 8.87 Å². The number of aliphatic carboxylic acids is 1. The molecule has 2 nitrogen and oxygen atoms in total. The normalized spacial score (nSPS) is 8.14. The zero-order chi connectivity index (χ0) is 11.2. The van der Waals surface area contributed by atoms with Crippen LogP contribution in [0, 0.1) is 0 Å². The summed E-state index contributed by atoms with van der Waals surface area (Å²) in [6, 6.07) is 0. The smallest absolute Gasteiger partial charge is 1.00 e. The molecule has 0 unspecified atom stereocenters. The average Bonchev–Trinajstić information content (AvgIpc) is 2.19. The SMILES string of the molecule is C=CC(=O)[O-].CCC[CH2][Sn+2][CH2]CCC.[H-]. The molecular weight excluding hydrogens is 283 g/mol. The fourth-order valence-electron chi connectivity index (χ4n) is 0.729. The average molecular weight is 305 g/mol. The van der Waals surface area contributed by atoms with E-state index in [0.717, 1.165) is 6.08 Å². The maximum Gasteiger partial charge on any atom is -1.00 e. The zero-order valence-electron chi connectivity index (χ0n) is 10.3. The maximum atomic E-state index is 9.14. The number of carboxylic acid groups (broad SMARTS) is 1. The molecule has 0 radical (unpaired) electrons. The Morgan fingerprint density at radius 3 is 1.93 bits per heavy atom. The van der Waals surface area contributed by atoms with Crippen LogP contribution in [0.25, 0.3) is 0 Å². The second-order valence-corrected chi connectivity index (χ2v) is 7.26. The molecule has 0 aromatic heterocycles. The molecule has 0 amide bonds. The van der Waals surface area contributed by atoms with Gasteiger partial charge in [-0.15, -0.1) is 0 Å². The minimum Gasteiger partial charge on any atom is -1.00 e. The van der Waals surface area contributed by atoms with Crippen LogP contribution < -0.4 is 5.11 Å². The number of rotatable bonds is 7. The van der Waals surface area contributed by atoms with Crippen LogP contribution in [0.5, 0.6) is 0 Å². The van der Waals surface area contributed by atoms with Crippen molar-refractivity contribution < 1.29 is 11.3 Å². The van der Waals surface area contributed by atoms with Gasteiger partial charge in [0.05, 0.1) is 5.97 Å². The molecule has 0 bridgehead atoms. The van der Waals surface area contributed by atoms with Crippen molar-refractivity contribution in [1.29, 1.82) is 0 Å². The fourth-order valence-corrected chi connectivity index (χ4v) is 4.89. The predicted molar refractivity (Wildman–Crippen MR) is 61.5 cm³/mol. The summed E-state index contributed by atoms with van der Waals surface area (Å²) in [5.74, 6) is -1.23. The van der Waals surface area contributed by atoms with E-state index in [9.17, 15) is 0 Å². The molecule has 14 heavy (non-hydrogen) atoms. The van der Waals surface area contributed by atoms with Crippen LogP contribution in [0.15, 0.2) is 12.7 Å². The molecule has 0 saturated carbocycles. The van der Waals surface area contributed by atoms with Gasteiger partial charge >= 0.3 is 69.5 Å². The molecule has 82 valence electrons. The molecule has 0 atom stereocenters. The first-order valence-electron chi connectivity index (χ1n) is 5.23. The Kier molecular flexibility index (Phi) is 18.2. The molecule has 0 heterocycles. The Bertz CT molecular complexity index is 135. The van der Waals surface area contributed by atoms with Gasteiger partial charge in [-0.2, -0.15) is 0 Å². The molecule has 0 N–H and O–H groups in total. The van der Waals surface area contributed by atoms with Gasteiger partial charge in [0.15, 0.2) is 0 Å². The van der Waals surface area contributed by atoms with E-state index in [2.05, 4.69) is 20.4 Å². The molecule has 0 spiro atoms. The molecule has 0 aliphatic rings. The predicted octanol–water partition coefficient (Wildman–Crippen LogP) is 2.16. The van der Waals surface area contributed by atoms with Crippen molar-refractivity contribution in [2.75, 3.05) is 0 Å². The van der Waals surface area contributed by atoms with Crippen LogP contribution >= 0.6 is 0 Å². The third-order valence-corrected chi connectivity index (χ3v) is 5.62. The van der Waals surface area contributed by atoms with E-state index in [0.29, 0.717) is 0 Å². The number of hydrogen-bond donors (Lipinski definition) is 0. The number of carbonyl (C=O) groups is 1. The molecule has 0 aromatic rings. The second kappa shape index (κ2) is 15.5. The van der Waals surface area contributed by atoms with E-state index in [1.807, 2.05) is 0 Å². The van der Waals surface area contributed by atoms with Gasteiger partial charge in [0.25, 0.3) is 0 Å². The molecule has 0 rings (SSSR count). The molecule has 0 saturated heterocycles. The van der Waals surface area contributed by atoms with Crippen LogP contribution in [-0.4, -0.2) is 27.1 Å². The van der Waals surface area contributed by atoms with Crippen molar-refractivity contribution in [3.05, 3.63) is 12.7 Å². The summed E-state index contributed by atoms with van der Waals surface area (Å²) >= 11 is 0.149. The van der Waals surface area contributed by atoms with E-state index in [-0.39, 0.29) is 22.6 Å². The molecule has 0 aromatic carbocycles. The first-order chi connectivity index (χ1) is 6.68. The summed E-state index contributed by atoms with van der Waals surface area (Å²) in [5, 5.41) is 9.14. The fraction of sp³-hybridized carbons (Fsp3) is 0.727. The summed E-state index contributed by atoms with van der Waals surface area (Å²) in [7, 11) is 0. The van der Waals surface area contributed by atoms with Gasteiger partial charge in [0, 0.05) is 0 Å². The van der Waals surface area contributed by atoms with Gasteiger partial charge in [-0.25, -0.2) is 0 Å². The van der Waals surface area contributed by atoms with E-state index < -0.39 is 5.97 Å². The standard InChI is InChI=1S/2C4H9.C3H4O2.Sn.H/c2*1-3-4-2;1-2-3(4)5;;/h2*1,3-4H2,2H3;2H,1H2,(H,4,5);;/q;;;+2;-1/p-1. The summed E-state index contributed by atoms with van der Waals surface area (Å²) < 4.78 is 3.25. The minimum atomic E-state index is -1.23. The molecule has 0 aliphatic heterocycles. The van der Waals surface area contributed by atoms with E-state index in [1.165, 1.54) is 25.7 Å². The Labute approximate surface area is 99.5 Å². The van der Waals surface area contributed by atoms with Crippen molar-refractivity contribution in [2.24, 2.45) is 0 Å². The largest absolute Gasteiger partial charge is 1.00 e. The minimum absolute atomic E-state index is 0. The maximum absolute atomic E-state index is 9.14. The third kappa shape index (κ3) is 22.7. The summed E-state index contributed by atoms with van der Waals surface area (Å²) in [6.45, 7) is 7.48. The van der Waals surface area contributed by atoms with Crippen molar-refractivity contribution >= 4 is 27.1 Å². The van der Waals surface area contributed by atoms with Gasteiger partial charge in [-0.1, -0.05) is 6.58 Å². The van der Waals surface area contributed by atoms with Gasteiger partial charge in [0.2, 0.25) is 0 Å². The van der Waals surface area contributed by atoms with Gasteiger partial charge in [-0.3, -0.25) is 0 Å². The molecular formula is C11H22O2Sn. The number of unbranched alkanes of at least 4 members (excludes halogenated alkanes) is 2. The van der Waals surface area contributed by atoms with Crippen LogP contribution in [0.3, 0.4) is 0 Å². The monoisotopic (exact) mass is 306 g/mol. The Morgan fingerprint density at radius 2 is 1.71 bits per heavy atom. The number of carboxylic acids is 1. The van der Waals surface area contributed by atoms with Gasteiger partial charge < -0.3 is 11.3 Å². The van der Waals surface area contributed by atoms with E-state index in [4.69, 9.17) is 9.90 Å². The van der Waals surface area contributed by atoms with Crippen molar-refractivity contribution in [1.82, 2.24) is 0 Å². The molecule has 3 heteroatoms. The first kappa shape index (κ1) is 16.4. The van der Waals surface area contributed by atoms with Crippen molar-refractivity contribution in [3.63, 3.8) is 0 Å². The zero-order valence-corrected chi connectivity index (χ0v) is 12.2. The van der Waals surface area contributed by atoms with Crippen molar-refractivity contribution in [3.8, 4) is 0 Å². The van der Waals surface area contributed by atoms with Gasteiger partial charge in [-0.05, 0) is 6.08 Å². The second-order valence-electron chi connectivity index (χ2n) is 2.98. The Balaban J connectivity index is -0.000000208. The number of hydrogen-bond acceptors (Lipinski definition) is 2. The van der Waals surface area contributed by atoms with E-state index in [1.54, 1.807) is 8.87 Å². The van der Waals surface area contributed by atoms with Gasteiger partial charge in [0.1, 0.15) is 0 Å². The number of carbonyl (C=O) groups excluding carboxylic acids is 1.